The predicted octanol–water partition coefficient (Wildman–Crippen LogP) is 2.95. The highest BCUT2D eigenvalue weighted by Gasteiger charge is 2.31. The Morgan fingerprint density at radius 1 is 1.16 bits per heavy atom. The number of nitrogens with one attached hydrogen (secondary N) is 2. The van der Waals surface area contributed by atoms with Crippen LogP contribution in [0.3, 0.4) is 0 Å². The number of rotatable bonds is 8. The van der Waals surface area contributed by atoms with Gasteiger partial charge in [-0.25, -0.2) is 0 Å². The third-order valence-corrected chi connectivity index (χ3v) is 5.85. The van der Waals surface area contributed by atoms with E-state index in [1.807, 2.05) is 4.90 Å². The van der Waals surface area contributed by atoms with Crippen LogP contribution in [0, 0.1) is 0 Å². The molecule has 31 heavy (non-hydrogen) atoms. The second kappa shape index (κ2) is 11.6. The van der Waals surface area contributed by atoms with Crippen molar-refractivity contribution in [2.75, 3.05) is 64.4 Å². The summed E-state index contributed by atoms with van der Waals surface area (Å²) < 4.78 is 44.4. The van der Waals surface area contributed by atoms with Gasteiger partial charge in [-0.2, -0.15) is 13.2 Å². The Labute approximate surface area is 182 Å². The average Bonchev–Trinajstić information content (AvgIpc) is 3.29. The Hall–Kier alpha value is -2.00. The summed E-state index contributed by atoms with van der Waals surface area (Å²) in [6, 6.07) is 5.62. The molecule has 0 saturated carbocycles. The van der Waals surface area contributed by atoms with E-state index in [1.54, 1.807) is 13.1 Å². The number of alkyl halides is 3. The number of hydrogen-bond acceptors (Lipinski definition) is 4. The molecule has 2 heterocycles. The zero-order valence-electron chi connectivity index (χ0n) is 18.3. The van der Waals surface area contributed by atoms with Gasteiger partial charge < -0.3 is 20.3 Å². The Bertz CT molecular complexity index is 699. The Balaban J connectivity index is 1.29. The summed E-state index contributed by atoms with van der Waals surface area (Å²) in [4.78, 5) is 8.67. The van der Waals surface area contributed by atoms with Crippen LogP contribution in [0.5, 0.6) is 0 Å². The Morgan fingerprint density at radius 2 is 1.97 bits per heavy atom. The molecule has 1 aromatic carbocycles. The van der Waals surface area contributed by atoms with E-state index in [1.165, 1.54) is 12.1 Å². The smallest absolute Gasteiger partial charge is 0.376 e. The van der Waals surface area contributed by atoms with Gasteiger partial charge in [0.25, 0.3) is 0 Å². The van der Waals surface area contributed by atoms with Crippen molar-refractivity contribution in [3.63, 3.8) is 0 Å². The van der Waals surface area contributed by atoms with Gasteiger partial charge in [0.05, 0.1) is 11.7 Å². The van der Waals surface area contributed by atoms with Crippen LogP contribution in [-0.2, 0) is 10.9 Å². The van der Waals surface area contributed by atoms with Gasteiger partial charge in [-0.05, 0) is 50.4 Å². The van der Waals surface area contributed by atoms with E-state index < -0.39 is 11.7 Å². The lowest BCUT2D eigenvalue weighted by atomic mass is 10.1. The lowest BCUT2D eigenvalue weighted by Crippen LogP contribution is -2.46. The van der Waals surface area contributed by atoms with Crippen LogP contribution < -0.4 is 15.5 Å². The quantitative estimate of drug-likeness (QED) is 0.369. The van der Waals surface area contributed by atoms with E-state index in [0.717, 1.165) is 90.1 Å². The maximum absolute atomic E-state index is 12.9. The zero-order valence-corrected chi connectivity index (χ0v) is 18.3. The molecule has 0 aliphatic carbocycles. The molecule has 0 bridgehead atoms. The molecule has 0 radical (unpaired) electrons. The van der Waals surface area contributed by atoms with Crippen LogP contribution in [0.25, 0.3) is 0 Å². The minimum atomic E-state index is -4.30. The van der Waals surface area contributed by atoms with Crippen LogP contribution in [0.1, 0.15) is 31.2 Å². The van der Waals surface area contributed by atoms with Crippen molar-refractivity contribution in [2.45, 2.75) is 38.0 Å². The Kier molecular flexibility index (Phi) is 8.83. The third-order valence-electron chi connectivity index (χ3n) is 5.85. The van der Waals surface area contributed by atoms with Gasteiger partial charge in [-0.3, -0.25) is 9.89 Å². The molecule has 174 valence electrons. The number of nitrogens with zero attached hydrogens (tertiary/aromatic N) is 3. The van der Waals surface area contributed by atoms with Gasteiger partial charge in [0.2, 0.25) is 0 Å². The fraction of sp³-hybridized carbons (Fsp3) is 0.682. The topological polar surface area (TPSA) is 52.1 Å². The molecule has 0 aromatic heterocycles. The second-order valence-electron chi connectivity index (χ2n) is 8.10. The first-order chi connectivity index (χ1) is 15.0. The van der Waals surface area contributed by atoms with Crippen LogP contribution in [0.15, 0.2) is 29.3 Å². The molecule has 6 nitrogen and oxygen atoms in total. The number of halogens is 3. The van der Waals surface area contributed by atoms with Gasteiger partial charge in [0, 0.05) is 58.6 Å². The first-order valence-corrected chi connectivity index (χ1v) is 11.2. The van der Waals surface area contributed by atoms with Gasteiger partial charge >= 0.3 is 6.18 Å². The fourth-order valence-electron chi connectivity index (χ4n) is 4.01. The highest BCUT2D eigenvalue weighted by Crippen LogP contribution is 2.31. The molecule has 3 rings (SSSR count). The number of ether oxygens (including phenoxy) is 1. The molecule has 9 heteroatoms. The van der Waals surface area contributed by atoms with E-state index in [9.17, 15) is 13.2 Å². The van der Waals surface area contributed by atoms with Crippen molar-refractivity contribution in [1.29, 1.82) is 0 Å². The number of guanidine groups is 1. The monoisotopic (exact) mass is 441 g/mol. The third kappa shape index (κ3) is 7.57. The maximum Gasteiger partial charge on any atom is 0.416 e. The van der Waals surface area contributed by atoms with Crippen molar-refractivity contribution in [1.82, 2.24) is 15.5 Å². The van der Waals surface area contributed by atoms with Crippen molar-refractivity contribution in [3.8, 4) is 0 Å². The molecule has 1 aromatic rings. The lowest BCUT2D eigenvalue weighted by Gasteiger charge is -2.36. The van der Waals surface area contributed by atoms with Gasteiger partial charge in [0.15, 0.2) is 5.96 Å². The van der Waals surface area contributed by atoms with Crippen molar-refractivity contribution >= 4 is 11.6 Å². The highest BCUT2D eigenvalue weighted by molar-refractivity contribution is 5.79. The molecule has 1 unspecified atom stereocenters. The van der Waals surface area contributed by atoms with Gasteiger partial charge in [-0.15, -0.1) is 0 Å². The lowest BCUT2D eigenvalue weighted by molar-refractivity contribution is -0.137. The van der Waals surface area contributed by atoms with Gasteiger partial charge in [0.1, 0.15) is 0 Å². The normalized spacial score (nSPS) is 20.8. The zero-order chi connectivity index (χ0) is 22.1. The summed E-state index contributed by atoms with van der Waals surface area (Å²) >= 11 is 0. The van der Waals surface area contributed by atoms with Crippen LogP contribution in [-0.4, -0.2) is 76.4 Å². The standard InChI is InChI=1S/C22H34F3N5O/c1-26-21(28-17-20-8-5-15-31-20)27-9-2-3-10-29-11-13-30(14-12-29)19-7-4-6-18(16-19)22(23,24)25/h4,6-7,16,20H,2-3,5,8-15,17H2,1H3,(H2,26,27,28). The summed E-state index contributed by atoms with van der Waals surface area (Å²) in [5.41, 5.74) is 0.0701. The van der Waals surface area contributed by atoms with Gasteiger partial charge in [-0.1, -0.05) is 6.07 Å². The fourth-order valence-corrected chi connectivity index (χ4v) is 4.01. The van der Waals surface area contributed by atoms with Crippen molar-refractivity contribution in [3.05, 3.63) is 29.8 Å². The van der Waals surface area contributed by atoms with Crippen molar-refractivity contribution < 1.29 is 17.9 Å². The number of anilines is 1. The average molecular weight is 442 g/mol. The SMILES string of the molecule is CN=C(NCCCCN1CCN(c2cccc(C(F)(F)F)c2)CC1)NCC1CCCO1. The summed E-state index contributed by atoms with van der Waals surface area (Å²) in [6.45, 7) is 6.74. The van der Waals surface area contributed by atoms with E-state index >= 15 is 0 Å². The minimum Gasteiger partial charge on any atom is -0.376 e. The molecule has 2 saturated heterocycles. The van der Waals surface area contributed by atoms with Crippen LogP contribution >= 0.6 is 0 Å². The molecule has 1 atom stereocenters. The largest absolute Gasteiger partial charge is 0.416 e. The van der Waals surface area contributed by atoms with Crippen LogP contribution in [0.2, 0.25) is 0 Å². The predicted molar refractivity (Wildman–Crippen MR) is 118 cm³/mol. The molecule has 2 aliphatic heterocycles. The summed E-state index contributed by atoms with van der Waals surface area (Å²) in [7, 11) is 1.77. The molecular formula is C22H34F3N5O. The number of unbranched alkanes of at least 4 members (excludes halogenated alkanes) is 1. The summed E-state index contributed by atoms with van der Waals surface area (Å²) in [5, 5.41) is 6.65. The van der Waals surface area contributed by atoms with E-state index in [4.69, 9.17) is 4.74 Å². The Morgan fingerprint density at radius 3 is 2.65 bits per heavy atom. The molecular weight excluding hydrogens is 407 g/mol. The second-order valence-corrected chi connectivity index (χ2v) is 8.10. The molecule has 0 spiro atoms. The van der Waals surface area contributed by atoms with E-state index in [0.29, 0.717) is 5.69 Å². The van der Waals surface area contributed by atoms with Crippen LogP contribution in [0.4, 0.5) is 18.9 Å². The van der Waals surface area contributed by atoms with E-state index in [2.05, 4.69) is 20.5 Å². The maximum atomic E-state index is 12.9. The number of hydrogen-bond donors (Lipinski definition) is 2. The first-order valence-electron chi connectivity index (χ1n) is 11.2. The molecule has 0 amide bonds. The van der Waals surface area contributed by atoms with E-state index in [-0.39, 0.29) is 6.10 Å². The summed E-state index contributed by atoms with van der Waals surface area (Å²) in [6.07, 6.45) is 0.326. The minimum absolute atomic E-state index is 0.285. The number of aliphatic imine (C=N–C) groups is 1. The van der Waals surface area contributed by atoms with Crippen molar-refractivity contribution in [2.24, 2.45) is 4.99 Å². The molecule has 2 N–H and O–H groups in total. The highest BCUT2D eigenvalue weighted by atomic mass is 19.4. The first kappa shape index (κ1) is 23.7. The molecule has 2 fully saturated rings. The number of piperazine rings is 1. The summed E-state index contributed by atoms with van der Waals surface area (Å²) in [5.74, 6) is 0.810. The number of benzene rings is 1. The molecule has 2 aliphatic rings.